The minimum atomic E-state index is -3.90. The summed E-state index contributed by atoms with van der Waals surface area (Å²) in [6.07, 6.45) is 1.31. The van der Waals surface area contributed by atoms with Gasteiger partial charge in [0, 0.05) is 6.54 Å². The fraction of sp³-hybridized carbons (Fsp3) is 0.417. The molecule has 6 nitrogen and oxygen atoms in total. The average molecular weight is 304 g/mol. The van der Waals surface area contributed by atoms with Crippen LogP contribution < -0.4 is 5.48 Å². The van der Waals surface area contributed by atoms with Gasteiger partial charge in [-0.25, -0.2) is 18.3 Å². The number of carbonyl (C=O) groups is 1. The van der Waals surface area contributed by atoms with Crippen LogP contribution in [0.2, 0.25) is 0 Å². The van der Waals surface area contributed by atoms with Gasteiger partial charge in [-0.2, -0.15) is 4.31 Å². The van der Waals surface area contributed by atoms with Gasteiger partial charge < -0.3 is 0 Å². The summed E-state index contributed by atoms with van der Waals surface area (Å²) in [7, 11) is -3.90. The van der Waals surface area contributed by atoms with Crippen LogP contribution in [0.15, 0.2) is 29.2 Å². The number of carbonyl (C=O) groups excluding carboxylic acids is 1. The first kappa shape index (κ1) is 16.5. The largest absolute Gasteiger partial charge is 0.289 e. The maximum atomic E-state index is 12.8. The summed E-state index contributed by atoms with van der Waals surface area (Å²) in [6.45, 7) is 1.54. The second-order valence-electron chi connectivity index (χ2n) is 4.18. The van der Waals surface area contributed by atoms with Crippen LogP contribution in [0.4, 0.5) is 4.39 Å². The van der Waals surface area contributed by atoms with Crippen LogP contribution in [-0.2, 0) is 14.8 Å². The quantitative estimate of drug-likeness (QED) is 0.584. The third kappa shape index (κ3) is 4.26. The van der Waals surface area contributed by atoms with Crippen molar-refractivity contribution in [3.05, 3.63) is 30.1 Å². The van der Waals surface area contributed by atoms with Crippen molar-refractivity contribution in [3.8, 4) is 0 Å². The molecule has 0 heterocycles. The van der Waals surface area contributed by atoms with E-state index in [4.69, 9.17) is 5.21 Å². The lowest BCUT2D eigenvalue weighted by Gasteiger charge is -2.20. The predicted octanol–water partition coefficient (Wildman–Crippen LogP) is 1.12. The minimum Gasteiger partial charge on any atom is -0.289 e. The highest BCUT2D eigenvalue weighted by Crippen LogP contribution is 2.16. The van der Waals surface area contributed by atoms with E-state index in [2.05, 4.69) is 0 Å². The van der Waals surface area contributed by atoms with Crippen molar-refractivity contribution in [2.45, 2.75) is 24.7 Å². The Morgan fingerprint density at radius 2 is 1.95 bits per heavy atom. The summed E-state index contributed by atoms with van der Waals surface area (Å²) in [5, 5.41) is 8.51. The molecule has 1 aromatic carbocycles. The maximum Gasteiger partial charge on any atom is 0.258 e. The number of hydroxylamine groups is 1. The molecule has 0 saturated heterocycles. The molecule has 0 aliphatic rings. The Hall–Kier alpha value is -1.51. The molecule has 0 fully saturated rings. The van der Waals surface area contributed by atoms with Gasteiger partial charge in [0.1, 0.15) is 5.82 Å². The number of nitrogens with one attached hydrogen (secondary N) is 1. The molecule has 0 atom stereocenters. The van der Waals surface area contributed by atoms with Gasteiger partial charge >= 0.3 is 0 Å². The van der Waals surface area contributed by atoms with Gasteiger partial charge in [0.05, 0.1) is 11.4 Å². The third-order valence-corrected chi connectivity index (χ3v) is 4.52. The number of hydrogen-bond acceptors (Lipinski definition) is 4. The van der Waals surface area contributed by atoms with Crippen LogP contribution in [0, 0.1) is 5.82 Å². The van der Waals surface area contributed by atoms with E-state index < -0.39 is 28.3 Å². The zero-order valence-corrected chi connectivity index (χ0v) is 11.9. The number of amides is 1. The number of unbranched alkanes of at least 4 members (excludes halogenated alkanes) is 1. The number of hydrogen-bond donors (Lipinski definition) is 2. The lowest BCUT2D eigenvalue weighted by molar-refractivity contribution is -0.129. The highest BCUT2D eigenvalue weighted by Gasteiger charge is 2.26. The van der Waals surface area contributed by atoms with Crippen LogP contribution in [-0.4, -0.2) is 36.9 Å². The normalized spacial score (nSPS) is 11.6. The second kappa shape index (κ2) is 7.32. The first-order valence-corrected chi connectivity index (χ1v) is 7.54. The number of nitrogens with zero attached hydrogens (tertiary/aromatic N) is 1. The molecule has 1 rings (SSSR count). The van der Waals surface area contributed by atoms with Gasteiger partial charge in [0.2, 0.25) is 10.0 Å². The zero-order valence-electron chi connectivity index (χ0n) is 11.0. The van der Waals surface area contributed by atoms with Gasteiger partial charge in [-0.15, -0.1) is 0 Å². The van der Waals surface area contributed by atoms with E-state index in [1.807, 2.05) is 6.92 Å². The summed E-state index contributed by atoms with van der Waals surface area (Å²) >= 11 is 0. The van der Waals surface area contributed by atoms with Crippen molar-refractivity contribution in [2.75, 3.05) is 13.1 Å². The molecule has 2 N–H and O–H groups in total. The Labute approximate surface area is 117 Å². The summed E-state index contributed by atoms with van der Waals surface area (Å²) in [5.74, 6) is -1.37. The maximum absolute atomic E-state index is 12.8. The minimum absolute atomic E-state index is 0.0965. The van der Waals surface area contributed by atoms with Crippen LogP contribution >= 0.6 is 0 Å². The molecule has 20 heavy (non-hydrogen) atoms. The third-order valence-electron chi connectivity index (χ3n) is 2.66. The van der Waals surface area contributed by atoms with Crippen LogP contribution in [0.1, 0.15) is 19.8 Å². The Kier molecular flexibility index (Phi) is 6.05. The van der Waals surface area contributed by atoms with E-state index in [9.17, 15) is 17.6 Å². The van der Waals surface area contributed by atoms with Gasteiger partial charge in [-0.3, -0.25) is 10.0 Å². The number of halogens is 1. The summed E-state index contributed by atoms with van der Waals surface area (Å²) in [6, 6.07) is 4.36. The molecule has 0 spiro atoms. The van der Waals surface area contributed by atoms with E-state index >= 15 is 0 Å². The van der Waals surface area contributed by atoms with Crippen LogP contribution in [0.25, 0.3) is 0 Å². The number of sulfonamides is 1. The second-order valence-corrected chi connectivity index (χ2v) is 6.12. The lowest BCUT2D eigenvalue weighted by atomic mass is 10.3. The first-order chi connectivity index (χ1) is 9.41. The Bertz CT molecular complexity index is 545. The summed E-state index contributed by atoms with van der Waals surface area (Å²) in [4.78, 5) is 11.1. The molecular formula is C12H17FN2O4S. The molecule has 0 aliphatic carbocycles. The van der Waals surface area contributed by atoms with Crippen molar-refractivity contribution < 1.29 is 22.8 Å². The topological polar surface area (TPSA) is 86.7 Å². The SMILES string of the molecule is CCCCN(CC(=O)NO)S(=O)(=O)c1ccc(F)cc1. The molecule has 112 valence electrons. The van der Waals surface area contributed by atoms with Gasteiger partial charge in [-0.1, -0.05) is 13.3 Å². The monoisotopic (exact) mass is 304 g/mol. The van der Waals surface area contributed by atoms with Crippen LogP contribution in [0.3, 0.4) is 0 Å². The van der Waals surface area contributed by atoms with E-state index in [1.165, 1.54) is 5.48 Å². The molecule has 0 saturated carbocycles. The molecule has 8 heteroatoms. The molecule has 0 unspecified atom stereocenters. The molecule has 1 amide bonds. The Balaban J connectivity index is 3.03. The van der Waals surface area contributed by atoms with E-state index in [0.717, 1.165) is 35.0 Å². The molecule has 0 aromatic heterocycles. The summed E-state index contributed by atoms with van der Waals surface area (Å²) in [5.41, 5.74) is 1.40. The predicted molar refractivity (Wildman–Crippen MR) is 70.0 cm³/mol. The Morgan fingerprint density at radius 3 is 2.45 bits per heavy atom. The fourth-order valence-electron chi connectivity index (χ4n) is 1.57. The highest BCUT2D eigenvalue weighted by atomic mass is 32.2. The van der Waals surface area contributed by atoms with Crippen molar-refractivity contribution in [3.63, 3.8) is 0 Å². The average Bonchev–Trinajstić information content (AvgIpc) is 2.43. The molecule has 0 bridgehead atoms. The van der Waals surface area contributed by atoms with Gasteiger partial charge in [-0.05, 0) is 30.7 Å². The van der Waals surface area contributed by atoms with Crippen molar-refractivity contribution in [1.29, 1.82) is 0 Å². The number of benzene rings is 1. The van der Waals surface area contributed by atoms with E-state index in [0.29, 0.717) is 6.42 Å². The fourth-order valence-corrected chi connectivity index (χ4v) is 3.00. The smallest absolute Gasteiger partial charge is 0.258 e. The number of rotatable bonds is 7. The van der Waals surface area contributed by atoms with Crippen molar-refractivity contribution in [1.82, 2.24) is 9.79 Å². The standard InChI is InChI=1S/C12H17FN2O4S/c1-2-3-8-15(9-12(16)14-17)20(18,19)11-6-4-10(13)5-7-11/h4-7,17H,2-3,8-9H2,1H3,(H,14,16). The zero-order chi connectivity index (χ0) is 15.2. The molecule has 0 aliphatic heterocycles. The van der Waals surface area contributed by atoms with E-state index in [1.54, 1.807) is 0 Å². The molecule has 1 aromatic rings. The van der Waals surface area contributed by atoms with E-state index in [-0.39, 0.29) is 11.4 Å². The summed E-state index contributed by atoms with van der Waals surface area (Å²) < 4.78 is 38.5. The molecular weight excluding hydrogens is 287 g/mol. The van der Waals surface area contributed by atoms with Crippen molar-refractivity contribution >= 4 is 15.9 Å². The lowest BCUT2D eigenvalue weighted by Crippen LogP contribution is -2.40. The first-order valence-electron chi connectivity index (χ1n) is 6.10. The Morgan fingerprint density at radius 1 is 1.35 bits per heavy atom. The highest BCUT2D eigenvalue weighted by molar-refractivity contribution is 7.89. The van der Waals surface area contributed by atoms with Crippen LogP contribution in [0.5, 0.6) is 0 Å². The van der Waals surface area contributed by atoms with Gasteiger partial charge in [0.25, 0.3) is 5.91 Å². The van der Waals surface area contributed by atoms with Gasteiger partial charge in [0.15, 0.2) is 0 Å². The van der Waals surface area contributed by atoms with Crippen molar-refractivity contribution in [2.24, 2.45) is 0 Å². The molecule has 0 radical (unpaired) electrons.